The van der Waals surface area contributed by atoms with Gasteiger partial charge in [0.1, 0.15) is 48.2 Å². The Hall–Kier alpha value is -4.31. The lowest BCUT2D eigenvalue weighted by atomic mass is 9.95. The second-order valence-electron chi connectivity index (χ2n) is 12.7. The highest BCUT2D eigenvalue weighted by Crippen LogP contribution is 2.51. The molecule has 0 aliphatic carbocycles. The van der Waals surface area contributed by atoms with Gasteiger partial charge < -0.3 is 25.8 Å². The van der Waals surface area contributed by atoms with Gasteiger partial charge in [0.15, 0.2) is 11.6 Å². The van der Waals surface area contributed by atoms with Crippen molar-refractivity contribution in [2.24, 2.45) is 0 Å². The topological polar surface area (TPSA) is 129 Å². The Balaban J connectivity index is 1.45. The number of pyridine rings is 2. The minimum atomic E-state index is -4.82. The molecule has 0 amide bonds. The van der Waals surface area contributed by atoms with Crippen LogP contribution in [0, 0.1) is 18.6 Å². The molecule has 0 radical (unpaired) electrons. The van der Waals surface area contributed by atoms with Gasteiger partial charge in [0.05, 0.1) is 40.3 Å². The molecular weight excluding hydrogens is 678 g/mol. The smallest absolute Gasteiger partial charge is 0.418 e. The van der Waals surface area contributed by atoms with Crippen LogP contribution in [-0.2, 0) is 6.18 Å². The van der Waals surface area contributed by atoms with Gasteiger partial charge in [-0.25, -0.2) is 23.1 Å². The van der Waals surface area contributed by atoms with Crippen molar-refractivity contribution >= 4 is 40.0 Å². The molecule has 7 rings (SSSR count). The minimum Gasteiger partial charge on any atom is -0.489 e. The van der Waals surface area contributed by atoms with Crippen LogP contribution in [0.5, 0.6) is 11.8 Å². The molecule has 10 nitrogen and oxygen atoms in total. The standard InChI is InChI=1S/C32H31ClF6N8O2/c1-14-19(32(37,38)39)11-43-28(41)20(14)21-23(33)26-22-25(24(21)36)44-30(49-13-31-4-3-5-46(31)12-17(35)9-31)45-29(22)47(6-7-48-26)15(2)18-8-16(34)10-42-27(18)40/h8,10-11,15,17H,3-7,9,12-13H2,1-2H3,(H2,40,42)(H2,41,43)/t15-,17+,31-/m0/s1. The van der Waals surface area contributed by atoms with Crippen molar-refractivity contribution < 1.29 is 35.8 Å². The Kier molecular flexibility index (Phi) is 8.08. The molecule has 3 atom stereocenters. The van der Waals surface area contributed by atoms with Crippen molar-refractivity contribution in [2.75, 3.05) is 49.2 Å². The average Bonchev–Trinajstić information content (AvgIpc) is 3.49. The van der Waals surface area contributed by atoms with Crippen LogP contribution >= 0.6 is 11.6 Å². The predicted molar refractivity (Wildman–Crippen MR) is 170 cm³/mol. The fraction of sp³-hybridized carbons (Fsp3) is 0.438. The van der Waals surface area contributed by atoms with E-state index in [0.717, 1.165) is 19.5 Å². The van der Waals surface area contributed by atoms with Crippen LogP contribution in [0.4, 0.5) is 43.8 Å². The molecule has 2 saturated heterocycles. The van der Waals surface area contributed by atoms with Gasteiger partial charge in [0, 0.05) is 35.9 Å². The molecule has 0 spiro atoms. The Morgan fingerprint density at radius 1 is 1.12 bits per heavy atom. The van der Waals surface area contributed by atoms with Crippen LogP contribution in [0.2, 0.25) is 5.02 Å². The summed E-state index contributed by atoms with van der Waals surface area (Å²) < 4.78 is 99.9. The van der Waals surface area contributed by atoms with E-state index < -0.39 is 58.1 Å². The number of fused-ring (bicyclic) bond motifs is 1. The minimum absolute atomic E-state index is 0.00368. The summed E-state index contributed by atoms with van der Waals surface area (Å²) in [6.45, 7) is 3.86. The van der Waals surface area contributed by atoms with E-state index in [1.807, 2.05) is 4.90 Å². The van der Waals surface area contributed by atoms with E-state index in [4.69, 9.17) is 32.5 Å². The zero-order chi connectivity index (χ0) is 35.0. The van der Waals surface area contributed by atoms with Crippen LogP contribution in [0.3, 0.4) is 0 Å². The van der Waals surface area contributed by atoms with Crippen molar-refractivity contribution in [1.29, 1.82) is 0 Å². The summed E-state index contributed by atoms with van der Waals surface area (Å²) in [5.74, 6) is -2.14. The first-order valence-electron chi connectivity index (χ1n) is 15.6. The summed E-state index contributed by atoms with van der Waals surface area (Å²) in [6.07, 6.45) is -2.55. The Bertz CT molecular complexity index is 1980. The van der Waals surface area contributed by atoms with Gasteiger partial charge in [-0.05, 0) is 44.9 Å². The van der Waals surface area contributed by atoms with Gasteiger partial charge in [-0.2, -0.15) is 23.1 Å². The van der Waals surface area contributed by atoms with Gasteiger partial charge >= 0.3 is 12.2 Å². The molecule has 49 heavy (non-hydrogen) atoms. The fourth-order valence-electron chi connectivity index (χ4n) is 7.43. The number of ether oxygens (including phenoxy) is 2. The van der Waals surface area contributed by atoms with Crippen molar-refractivity contribution in [3.63, 3.8) is 0 Å². The maximum absolute atomic E-state index is 17.0. The second-order valence-corrected chi connectivity index (χ2v) is 13.0. The van der Waals surface area contributed by atoms with E-state index in [1.54, 1.807) is 11.8 Å². The molecule has 3 aromatic heterocycles. The van der Waals surface area contributed by atoms with Crippen LogP contribution in [-0.4, -0.2) is 69.4 Å². The largest absolute Gasteiger partial charge is 0.489 e. The first-order valence-corrected chi connectivity index (χ1v) is 16.0. The Morgan fingerprint density at radius 2 is 1.88 bits per heavy atom. The van der Waals surface area contributed by atoms with E-state index in [9.17, 15) is 22.0 Å². The number of alkyl halides is 4. The molecular formula is C32H31ClF6N8O2. The van der Waals surface area contributed by atoms with Crippen LogP contribution < -0.4 is 25.8 Å². The molecule has 3 aliphatic rings. The third-order valence-electron chi connectivity index (χ3n) is 9.78. The number of hydrogen-bond acceptors (Lipinski definition) is 10. The number of benzene rings is 1. The molecule has 3 aliphatic heterocycles. The molecule has 260 valence electrons. The van der Waals surface area contributed by atoms with Crippen LogP contribution in [0.25, 0.3) is 22.0 Å². The summed E-state index contributed by atoms with van der Waals surface area (Å²) in [5.41, 5.74) is 9.12. The molecule has 17 heteroatoms. The van der Waals surface area contributed by atoms with Gasteiger partial charge in [-0.3, -0.25) is 4.90 Å². The van der Waals surface area contributed by atoms with Gasteiger partial charge in [0.25, 0.3) is 0 Å². The second kappa shape index (κ2) is 11.9. The van der Waals surface area contributed by atoms with Crippen molar-refractivity contribution in [3.8, 4) is 22.9 Å². The van der Waals surface area contributed by atoms with E-state index in [-0.39, 0.29) is 77.6 Å². The normalized spacial score (nSPS) is 21.5. The number of anilines is 3. The summed E-state index contributed by atoms with van der Waals surface area (Å²) in [6, 6.07) is 0.238. The SMILES string of the molecule is Cc1c(C(F)(F)F)cnc(N)c1-c1c(Cl)c2c3c(nc(OC[C@@]45CCCN4C[C@H](F)C5)nc3c1F)N([C@@H](C)c1cc(F)cnc1N)CCO2. The van der Waals surface area contributed by atoms with Crippen LogP contribution in [0.15, 0.2) is 18.5 Å². The van der Waals surface area contributed by atoms with Crippen molar-refractivity contribution in [2.45, 2.75) is 57.0 Å². The number of rotatable bonds is 6. The number of halogens is 7. The molecule has 0 saturated carbocycles. The molecule has 0 unspecified atom stereocenters. The highest BCUT2D eigenvalue weighted by Gasteiger charge is 2.49. The van der Waals surface area contributed by atoms with Crippen molar-refractivity contribution in [3.05, 3.63) is 51.8 Å². The Labute approximate surface area is 281 Å². The van der Waals surface area contributed by atoms with Crippen LogP contribution in [0.1, 0.15) is 48.9 Å². The zero-order valence-electron chi connectivity index (χ0n) is 26.3. The lowest BCUT2D eigenvalue weighted by molar-refractivity contribution is -0.138. The fourth-order valence-corrected chi connectivity index (χ4v) is 7.76. The Morgan fingerprint density at radius 3 is 2.63 bits per heavy atom. The third kappa shape index (κ3) is 5.48. The molecule has 0 bridgehead atoms. The highest BCUT2D eigenvalue weighted by atomic mass is 35.5. The van der Waals surface area contributed by atoms with E-state index >= 15 is 4.39 Å². The number of nitrogens with zero attached hydrogens (tertiary/aromatic N) is 6. The van der Waals surface area contributed by atoms with E-state index in [0.29, 0.717) is 24.7 Å². The maximum Gasteiger partial charge on any atom is 0.418 e. The predicted octanol–water partition coefficient (Wildman–Crippen LogP) is 6.43. The molecule has 2 fully saturated rings. The maximum atomic E-state index is 17.0. The first-order chi connectivity index (χ1) is 23.2. The summed E-state index contributed by atoms with van der Waals surface area (Å²) in [4.78, 5) is 20.4. The zero-order valence-corrected chi connectivity index (χ0v) is 27.1. The molecule has 1 aromatic carbocycles. The number of nitrogens with two attached hydrogens (primary N) is 2. The van der Waals surface area contributed by atoms with Gasteiger partial charge in [0.2, 0.25) is 0 Å². The van der Waals surface area contributed by atoms with Gasteiger partial charge in [-0.15, -0.1) is 0 Å². The van der Waals surface area contributed by atoms with Gasteiger partial charge in [-0.1, -0.05) is 11.6 Å². The quantitative estimate of drug-likeness (QED) is 0.217. The van der Waals surface area contributed by atoms with Crippen molar-refractivity contribution in [1.82, 2.24) is 24.8 Å². The molecule has 4 N–H and O–H groups in total. The molecule has 4 aromatic rings. The number of aromatic nitrogens is 4. The van der Waals surface area contributed by atoms with E-state index in [2.05, 4.69) is 19.9 Å². The number of hydrogen-bond donors (Lipinski definition) is 2. The summed E-state index contributed by atoms with van der Waals surface area (Å²) >= 11 is 6.81. The molecule has 6 heterocycles. The highest BCUT2D eigenvalue weighted by molar-refractivity contribution is 6.37. The van der Waals surface area contributed by atoms with E-state index in [1.165, 1.54) is 6.07 Å². The monoisotopic (exact) mass is 708 g/mol. The lowest BCUT2D eigenvalue weighted by Crippen LogP contribution is -2.43. The first kappa shape index (κ1) is 33.2. The summed E-state index contributed by atoms with van der Waals surface area (Å²) in [5, 5.41) is -0.381. The average molecular weight is 709 g/mol. The summed E-state index contributed by atoms with van der Waals surface area (Å²) in [7, 11) is 0. The number of nitrogen functional groups attached to an aromatic ring is 2. The third-order valence-corrected chi connectivity index (χ3v) is 10.1. The lowest BCUT2D eigenvalue weighted by Gasteiger charge is -2.32.